The zero-order chi connectivity index (χ0) is 10.8. The van der Waals surface area contributed by atoms with Crippen LogP contribution in [0.25, 0.3) is 0 Å². The Morgan fingerprint density at radius 1 is 1.33 bits per heavy atom. The Hall–Kier alpha value is -0.380. The molecule has 0 spiro atoms. The van der Waals surface area contributed by atoms with Crippen LogP contribution in [0.15, 0.2) is 0 Å². The Labute approximate surface area is 98.8 Å². The summed E-state index contributed by atoms with van der Waals surface area (Å²) in [6, 6.07) is 0. The molecule has 1 unspecified atom stereocenters. The van der Waals surface area contributed by atoms with Crippen molar-refractivity contribution in [1.29, 1.82) is 0 Å². The summed E-state index contributed by atoms with van der Waals surface area (Å²) in [6.45, 7) is 3.41. The van der Waals surface area contributed by atoms with E-state index in [-0.39, 0.29) is 5.92 Å². The molecular weight excluding hydrogens is 235 g/mol. The van der Waals surface area contributed by atoms with Crippen LogP contribution in [0.4, 0.5) is 0 Å². The molecule has 1 aromatic heterocycles. The highest BCUT2D eigenvalue weighted by Gasteiger charge is 2.22. The average molecular weight is 247 g/mol. The molecule has 5 heteroatoms. The van der Waals surface area contributed by atoms with E-state index in [2.05, 4.69) is 9.97 Å². The number of ether oxygens (including phenoxy) is 1. The summed E-state index contributed by atoms with van der Waals surface area (Å²) in [5.74, 6) is 0.950. The second-order valence-electron chi connectivity index (χ2n) is 3.56. The van der Waals surface area contributed by atoms with Gasteiger partial charge in [-0.05, 0) is 12.8 Å². The SMILES string of the molecule is CCc1c(Cl)nc(C2CCOC2)nc1Cl. The van der Waals surface area contributed by atoms with Crippen LogP contribution < -0.4 is 0 Å². The van der Waals surface area contributed by atoms with E-state index in [0.29, 0.717) is 22.7 Å². The lowest BCUT2D eigenvalue weighted by molar-refractivity contribution is 0.193. The lowest BCUT2D eigenvalue weighted by atomic mass is 10.1. The Morgan fingerprint density at radius 3 is 2.47 bits per heavy atom. The first-order valence-electron chi connectivity index (χ1n) is 5.02. The van der Waals surface area contributed by atoms with Crippen molar-refractivity contribution in [2.45, 2.75) is 25.7 Å². The van der Waals surface area contributed by atoms with Gasteiger partial charge in [0, 0.05) is 18.1 Å². The normalized spacial score (nSPS) is 20.9. The minimum Gasteiger partial charge on any atom is -0.381 e. The molecule has 0 amide bonds. The van der Waals surface area contributed by atoms with Gasteiger partial charge in [0.15, 0.2) is 0 Å². The number of halogens is 2. The van der Waals surface area contributed by atoms with Crippen molar-refractivity contribution in [3.63, 3.8) is 0 Å². The van der Waals surface area contributed by atoms with Gasteiger partial charge >= 0.3 is 0 Å². The summed E-state index contributed by atoms with van der Waals surface area (Å²) in [4.78, 5) is 8.55. The molecule has 2 rings (SSSR count). The van der Waals surface area contributed by atoms with E-state index in [1.807, 2.05) is 6.92 Å². The number of rotatable bonds is 2. The molecule has 3 nitrogen and oxygen atoms in total. The van der Waals surface area contributed by atoms with Crippen LogP contribution in [0.5, 0.6) is 0 Å². The van der Waals surface area contributed by atoms with Crippen LogP contribution in [0.2, 0.25) is 10.3 Å². The smallest absolute Gasteiger partial charge is 0.137 e. The summed E-state index contributed by atoms with van der Waals surface area (Å²) in [7, 11) is 0. The first-order chi connectivity index (χ1) is 7.22. The summed E-state index contributed by atoms with van der Waals surface area (Å²) >= 11 is 12.1. The first kappa shape index (κ1) is 11.1. The van der Waals surface area contributed by atoms with Crippen LogP contribution in [-0.4, -0.2) is 23.2 Å². The van der Waals surface area contributed by atoms with Crippen molar-refractivity contribution in [2.24, 2.45) is 0 Å². The van der Waals surface area contributed by atoms with E-state index >= 15 is 0 Å². The highest BCUT2D eigenvalue weighted by Crippen LogP contribution is 2.27. The molecule has 1 aromatic rings. The summed E-state index contributed by atoms with van der Waals surface area (Å²) in [6.07, 6.45) is 1.69. The maximum atomic E-state index is 6.04. The van der Waals surface area contributed by atoms with Crippen LogP contribution in [0, 0.1) is 0 Å². The third-order valence-corrected chi connectivity index (χ3v) is 3.20. The molecule has 0 N–H and O–H groups in total. The van der Waals surface area contributed by atoms with Crippen molar-refractivity contribution in [3.8, 4) is 0 Å². The monoisotopic (exact) mass is 246 g/mol. The summed E-state index contributed by atoms with van der Waals surface area (Å²) in [5.41, 5.74) is 0.820. The molecule has 1 aliphatic rings. The van der Waals surface area contributed by atoms with Gasteiger partial charge in [-0.25, -0.2) is 9.97 Å². The van der Waals surface area contributed by atoms with Gasteiger partial charge in [-0.1, -0.05) is 30.1 Å². The number of hydrogen-bond acceptors (Lipinski definition) is 3. The molecule has 0 aliphatic carbocycles. The Bertz CT molecular complexity index is 341. The van der Waals surface area contributed by atoms with E-state index in [0.717, 1.165) is 25.0 Å². The zero-order valence-corrected chi connectivity index (χ0v) is 9.98. The second kappa shape index (κ2) is 4.64. The molecule has 0 bridgehead atoms. The molecule has 1 fully saturated rings. The van der Waals surface area contributed by atoms with E-state index in [4.69, 9.17) is 27.9 Å². The molecular formula is C10H12Cl2N2O. The van der Waals surface area contributed by atoms with Crippen LogP contribution in [0.1, 0.15) is 30.7 Å². The fourth-order valence-corrected chi connectivity index (χ4v) is 2.33. The maximum absolute atomic E-state index is 6.04. The molecule has 1 saturated heterocycles. The zero-order valence-electron chi connectivity index (χ0n) is 8.46. The van der Waals surface area contributed by atoms with Crippen LogP contribution in [0.3, 0.4) is 0 Å². The van der Waals surface area contributed by atoms with Gasteiger partial charge in [0.05, 0.1) is 6.61 Å². The quantitative estimate of drug-likeness (QED) is 0.753. The first-order valence-corrected chi connectivity index (χ1v) is 5.77. The van der Waals surface area contributed by atoms with Gasteiger partial charge in [-0.15, -0.1) is 0 Å². The van der Waals surface area contributed by atoms with E-state index in [9.17, 15) is 0 Å². The molecule has 0 saturated carbocycles. The Balaban J connectivity index is 2.33. The maximum Gasteiger partial charge on any atom is 0.137 e. The number of aromatic nitrogens is 2. The third-order valence-electron chi connectivity index (χ3n) is 2.57. The van der Waals surface area contributed by atoms with Gasteiger partial charge in [0.2, 0.25) is 0 Å². The summed E-state index contributed by atoms with van der Waals surface area (Å²) < 4.78 is 5.28. The Kier molecular flexibility index (Phi) is 3.44. The van der Waals surface area contributed by atoms with E-state index < -0.39 is 0 Å². The van der Waals surface area contributed by atoms with Gasteiger partial charge < -0.3 is 4.74 Å². The van der Waals surface area contributed by atoms with Gasteiger partial charge in [0.25, 0.3) is 0 Å². The molecule has 15 heavy (non-hydrogen) atoms. The van der Waals surface area contributed by atoms with Crippen molar-refractivity contribution in [2.75, 3.05) is 13.2 Å². The molecule has 1 atom stereocenters. The van der Waals surface area contributed by atoms with Gasteiger partial charge in [-0.2, -0.15) is 0 Å². The van der Waals surface area contributed by atoms with Gasteiger partial charge in [-0.3, -0.25) is 0 Å². The fraction of sp³-hybridized carbons (Fsp3) is 0.600. The average Bonchev–Trinajstić information content (AvgIpc) is 2.69. The van der Waals surface area contributed by atoms with Crippen molar-refractivity contribution in [1.82, 2.24) is 9.97 Å². The van der Waals surface area contributed by atoms with Crippen LogP contribution >= 0.6 is 23.2 Å². The molecule has 1 aliphatic heterocycles. The fourth-order valence-electron chi connectivity index (χ4n) is 1.66. The second-order valence-corrected chi connectivity index (χ2v) is 4.27. The number of nitrogens with zero attached hydrogens (tertiary/aromatic N) is 2. The van der Waals surface area contributed by atoms with Crippen molar-refractivity contribution in [3.05, 3.63) is 21.7 Å². The van der Waals surface area contributed by atoms with Crippen molar-refractivity contribution < 1.29 is 4.74 Å². The summed E-state index contributed by atoms with van der Waals surface area (Å²) in [5, 5.41) is 0.943. The lowest BCUT2D eigenvalue weighted by Crippen LogP contribution is -2.06. The molecule has 0 aromatic carbocycles. The predicted molar refractivity (Wildman–Crippen MR) is 59.6 cm³/mol. The highest BCUT2D eigenvalue weighted by molar-refractivity contribution is 6.34. The molecule has 0 radical (unpaired) electrons. The third kappa shape index (κ3) is 2.25. The van der Waals surface area contributed by atoms with Crippen LogP contribution in [-0.2, 0) is 11.2 Å². The topological polar surface area (TPSA) is 35.0 Å². The van der Waals surface area contributed by atoms with Crippen molar-refractivity contribution >= 4 is 23.2 Å². The predicted octanol–water partition coefficient (Wildman–Crippen LogP) is 2.85. The van der Waals surface area contributed by atoms with Gasteiger partial charge in [0.1, 0.15) is 16.1 Å². The minimum absolute atomic E-state index is 0.242. The lowest BCUT2D eigenvalue weighted by Gasteiger charge is -2.09. The Morgan fingerprint density at radius 2 is 2.00 bits per heavy atom. The number of hydrogen-bond donors (Lipinski definition) is 0. The van der Waals surface area contributed by atoms with E-state index in [1.165, 1.54) is 0 Å². The molecule has 2 heterocycles. The highest BCUT2D eigenvalue weighted by atomic mass is 35.5. The van der Waals surface area contributed by atoms with E-state index in [1.54, 1.807) is 0 Å². The largest absolute Gasteiger partial charge is 0.381 e. The minimum atomic E-state index is 0.242. The standard InChI is InChI=1S/C10H12Cl2N2O/c1-2-7-8(11)13-10(14-9(7)12)6-3-4-15-5-6/h6H,2-5H2,1H3. The molecule has 82 valence electrons.